The Morgan fingerprint density at radius 3 is 2.10 bits per heavy atom. The molecule has 302 valence electrons. The molecular weight excluding hydrogens is 687 g/mol. The molecule has 11 nitrogen and oxygen atoms in total. The fourth-order valence-electron chi connectivity index (χ4n) is 6.39. The molecule has 1 aliphatic rings. The summed E-state index contributed by atoms with van der Waals surface area (Å²) < 4.78 is 26.3. The molecule has 6 atom stereocenters. The van der Waals surface area contributed by atoms with E-state index in [0.29, 0.717) is 32.1 Å². The summed E-state index contributed by atoms with van der Waals surface area (Å²) in [6.07, 6.45) is 24.1. The van der Waals surface area contributed by atoms with Gasteiger partial charge in [-0.05, 0) is 38.0 Å². The van der Waals surface area contributed by atoms with Crippen LogP contribution in [0.4, 0.5) is 0 Å². The average molecular weight is 759 g/mol. The van der Waals surface area contributed by atoms with E-state index in [4.69, 9.17) is 19.3 Å². The average Bonchev–Trinajstić information content (AvgIpc) is 3.37. The third-order valence-electron chi connectivity index (χ3n) is 9.89. The maximum atomic E-state index is 12.4. The maximum Gasteiger partial charge on any atom is 0.469 e. The molecule has 1 saturated carbocycles. The number of rotatable bonds is 32. The number of phosphoric ester groups is 1. The molecule has 0 spiro atoms. The predicted octanol–water partition coefficient (Wildman–Crippen LogP) is 8.46. The molecule has 0 radical (unpaired) electrons. The van der Waals surface area contributed by atoms with Crippen molar-refractivity contribution in [3.8, 4) is 0 Å². The van der Waals surface area contributed by atoms with Crippen molar-refractivity contribution in [2.24, 2.45) is 17.8 Å². The molecule has 1 unspecified atom stereocenters. The summed E-state index contributed by atoms with van der Waals surface area (Å²) in [6.45, 7) is 5.68. The van der Waals surface area contributed by atoms with Crippen LogP contribution in [0.2, 0.25) is 0 Å². The number of aliphatic hydroxyl groups excluding tert-OH is 2. The number of hydrogen-bond donors (Lipinski definition) is 4. The second-order valence-electron chi connectivity index (χ2n) is 14.6. The van der Waals surface area contributed by atoms with Crippen LogP contribution < -0.4 is 0 Å². The van der Waals surface area contributed by atoms with Crippen LogP contribution in [0, 0.1) is 17.8 Å². The van der Waals surface area contributed by atoms with Crippen LogP contribution in [0.15, 0.2) is 24.3 Å². The van der Waals surface area contributed by atoms with Gasteiger partial charge in [-0.1, -0.05) is 135 Å². The summed E-state index contributed by atoms with van der Waals surface area (Å²) >= 11 is 0. The Morgan fingerprint density at radius 1 is 0.846 bits per heavy atom. The molecule has 0 amide bonds. The number of phosphoric acid groups is 1. The molecular formula is C40H71O11P. The summed E-state index contributed by atoms with van der Waals surface area (Å²) in [5.41, 5.74) is 0. The minimum Gasteiger partial charge on any atom is -0.462 e. The maximum absolute atomic E-state index is 12.4. The van der Waals surface area contributed by atoms with E-state index < -0.39 is 50.6 Å². The topological polar surface area (TPSA) is 177 Å². The van der Waals surface area contributed by atoms with E-state index in [1.165, 1.54) is 51.4 Å². The van der Waals surface area contributed by atoms with Crippen LogP contribution in [-0.2, 0) is 32.9 Å². The quantitative estimate of drug-likeness (QED) is 0.0224. The van der Waals surface area contributed by atoms with Crippen molar-refractivity contribution in [3.63, 3.8) is 0 Å². The van der Waals surface area contributed by atoms with Gasteiger partial charge >= 0.3 is 19.8 Å². The van der Waals surface area contributed by atoms with Crippen LogP contribution in [0.5, 0.6) is 0 Å². The van der Waals surface area contributed by atoms with Crippen LogP contribution >= 0.6 is 7.82 Å². The first-order chi connectivity index (χ1) is 24.9. The predicted molar refractivity (Wildman–Crippen MR) is 203 cm³/mol. The van der Waals surface area contributed by atoms with E-state index >= 15 is 0 Å². The van der Waals surface area contributed by atoms with E-state index in [1.807, 2.05) is 12.2 Å². The molecule has 1 rings (SSSR count). The van der Waals surface area contributed by atoms with Crippen molar-refractivity contribution in [2.45, 2.75) is 180 Å². The molecule has 0 aromatic heterocycles. The Labute approximate surface area is 313 Å². The molecule has 0 bridgehead atoms. The van der Waals surface area contributed by atoms with Crippen molar-refractivity contribution in [1.29, 1.82) is 0 Å². The highest BCUT2D eigenvalue weighted by molar-refractivity contribution is 7.46. The molecule has 4 N–H and O–H groups in total. The summed E-state index contributed by atoms with van der Waals surface area (Å²) in [5.74, 6) is -0.989. The van der Waals surface area contributed by atoms with E-state index in [2.05, 4.69) is 25.3 Å². The van der Waals surface area contributed by atoms with Gasteiger partial charge in [0, 0.05) is 31.1 Å². The molecule has 1 aliphatic carbocycles. The smallest absolute Gasteiger partial charge is 0.462 e. The first-order valence-corrected chi connectivity index (χ1v) is 21.7. The Bertz CT molecular complexity index is 1070. The minimum absolute atomic E-state index is 0.0322. The first kappa shape index (κ1) is 48.1. The van der Waals surface area contributed by atoms with E-state index in [-0.39, 0.29) is 37.6 Å². The van der Waals surface area contributed by atoms with Crippen LogP contribution in [-0.4, -0.2) is 69.2 Å². The van der Waals surface area contributed by atoms with Crippen molar-refractivity contribution >= 4 is 25.5 Å². The number of hydrogen-bond acceptors (Lipinski definition) is 9. The van der Waals surface area contributed by atoms with Gasteiger partial charge in [-0.3, -0.25) is 18.9 Å². The molecule has 52 heavy (non-hydrogen) atoms. The van der Waals surface area contributed by atoms with E-state index in [0.717, 1.165) is 44.4 Å². The zero-order valence-electron chi connectivity index (χ0n) is 32.3. The SMILES string of the molecule is CCCCC[C@H](O)/C=C/[C@H]1C(=O)C[C@H](O)[C@@H]1C/C=C\CCCC(=O)OC[C@H](COP(=O)(O)O)OC(=O)CCCCCCCCCCCCC(C)CC. The lowest BCUT2D eigenvalue weighted by atomic mass is 9.90. The number of carbonyl (C=O) groups is 3. The van der Waals surface area contributed by atoms with Gasteiger partial charge in [0.25, 0.3) is 0 Å². The van der Waals surface area contributed by atoms with Crippen LogP contribution in [0.25, 0.3) is 0 Å². The zero-order valence-corrected chi connectivity index (χ0v) is 33.2. The first-order valence-electron chi connectivity index (χ1n) is 20.1. The van der Waals surface area contributed by atoms with Crippen LogP contribution in [0.1, 0.15) is 162 Å². The van der Waals surface area contributed by atoms with Crippen molar-refractivity contribution in [3.05, 3.63) is 24.3 Å². The lowest BCUT2D eigenvalue weighted by Gasteiger charge is -2.18. The standard InChI is InChI=1S/C40H71O11P/c1-4-6-17-23-33(41)27-28-36-35(37(42)29-38(36)43)24-19-15-16-20-25-39(44)49-30-34(31-50-52(46,47)48)51-40(45)26-21-14-12-10-8-7-9-11-13-18-22-32(3)5-2/h15,19,27-28,32-37,41-42H,4-14,16-18,20-26,29-31H2,1-3H3,(H2,46,47,48)/b19-15-,28-27+/t32?,33-,34+,35+,36+,37-/m0/s1. The Balaban J connectivity index is 2.32. The summed E-state index contributed by atoms with van der Waals surface area (Å²) in [4.78, 5) is 55.4. The second-order valence-corrected chi connectivity index (χ2v) is 15.9. The number of carbonyl (C=O) groups excluding carboxylic acids is 3. The van der Waals surface area contributed by atoms with Gasteiger partial charge in [0.05, 0.1) is 18.8 Å². The third-order valence-corrected chi connectivity index (χ3v) is 10.4. The Kier molecular flexibility index (Phi) is 27.3. The van der Waals surface area contributed by atoms with E-state index in [1.54, 1.807) is 12.2 Å². The number of unbranched alkanes of at least 4 members (excludes halogenated alkanes) is 12. The molecule has 12 heteroatoms. The molecule has 0 aromatic carbocycles. The third kappa shape index (κ3) is 25.2. The normalized spacial score (nSPS) is 19.8. The fraction of sp³-hybridized carbons (Fsp3) is 0.825. The Hall–Kier alpha value is -1.88. The van der Waals surface area contributed by atoms with Crippen molar-refractivity contribution in [1.82, 2.24) is 0 Å². The summed E-state index contributed by atoms with van der Waals surface area (Å²) in [6, 6.07) is 0. The van der Waals surface area contributed by atoms with Gasteiger partial charge in [-0.25, -0.2) is 4.57 Å². The van der Waals surface area contributed by atoms with Crippen molar-refractivity contribution in [2.75, 3.05) is 13.2 Å². The number of aliphatic hydroxyl groups is 2. The highest BCUT2D eigenvalue weighted by Crippen LogP contribution is 2.36. The van der Waals surface area contributed by atoms with Gasteiger partial charge in [0.2, 0.25) is 0 Å². The number of esters is 2. The fourth-order valence-corrected chi connectivity index (χ4v) is 6.75. The number of Topliss-reactive ketones (excluding diaryl/α,β-unsaturated/α-hetero) is 1. The highest BCUT2D eigenvalue weighted by atomic mass is 31.2. The number of ether oxygens (including phenoxy) is 2. The number of allylic oxidation sites excluding steroid dienone is 3. The molecule has 0 heterocycles. The summed E-state index contributed by atoms with van der Waals surface area (Å²) in [7, 11) is -4.81. The van der Waals surface area contributed by atoms with Gasteiger partial charge in [-0.15, -0.1) is 0 Å². The van der Waals surface area contributed by atoms with Gasteiger partial charge < -0.3 is 29.5 Å². The van der Waals surface area contributed by atoms with Crippen molar-refractivity contribution < 1.29 is 52.9 Å². The monoisotopic (exact) mass is 758 g/mol. The molecule has 0 aromatic rings. The Morgan fingerprint density at radius 2 is 1.46 bits per heavy atom. The summed E-state index contributed by atoms with van der Waals surface area (Å²) in [5, 5.41) is 20.6. The van der Waals surface area contributed by atoms with Gasteiger partial charge in [0.15, 0.2) is 6.10 Å². The zero-order chi connectivity index (χ0) is 38.6. The lowest BCUT2D eigenvalue weighted by molar-refractivity contribution is -0.161. The number of ketones is 1. The lowest BCUT2D eigenvalue weighted by Crippen LogP contribution is -2.29. The van der Waals surface area contributed by atoms with Gasteiger partial charge in [0.1, 0.15) is 12.4 Å². The molecule has 1 fully saturated rings. The molecule has 0 aliphatic heterocycles. The largest absolute Gasteiger partial charge is 0.469 e. The minimum atomic E-state index is -4.81. The highest BCUT2D eigenvalue weighted by Gasteiger charge is 2.39. The molecule has 0 saturated heterocycles. The van der Waals surface area contributed by atoms with Gasteiger partial charge in [-0.2, -0.15) is 0 Å². The second kappa shape index (κ2) is 29.5. The van der Waals surface area contributed by atoms with Crippen LogP contribution in [0.3, 0.4) is 0 Å². The van der Waals surface area contributed by atoms with E-state index in [9.17, 15) is 29.2 Å².